The number of benzene rings is 2. The molecule has 2 amide bonds. The minimum absolute atomic E-state index is 0.0250. The molecule has 2 aromatic carbocycles. The van der Waals surface area contributed by atoms with Crippen molar-refractivity contribution in [3.63, 3.8) is 0 Å². The van der Waals surface area contributed by atoms with Gasteiger partial charge in [-0.05, 0) is 56.2 Å². The Hall–Kier alpha value is -2.80. The third-order valence-corrected chi connectivity index (χ3v) is 10.0. The number of amides is 2. The molecule has 0 aliphatic carbocycles. The van der Waals surface area contributed by atoms with Crippen molar-refractivity contribution < 1.29 is 31.2 Å². The number of likely N-dealkylation sites (tertiary alicyclic amines) is 1. The minimum Gasteiger partial charge on any atom is -0.311 e. The highest BCUT2D eigenvalue weighted by atomic mass is 35.5. The van der Waals surface area contributed by atoms with Crippen LogP contribution < -0.4 is 0 Å². The smallest absolute Gasteiger partial charge is 0.311 e. The van der Waals surface area contributed by atoms with E-state index in [0.717, 1.165) is 22.9 Å². The quantitative estimate of drug-likeness (QED) is 0.467. The van der Waals surface area contributed by atoms with Crippen LogP contribution >= 0.6 is 23.2 Å². The van der Waals surface area contributed by atoms with Gasteiger partial charge in [-0.2, -0.15) is 13.2 Å². The Labute approximate surface area is 245 Å². The molecule has 0 N–H and O–H groups in total. The van der Waals surface area contributed by atoms with Gasteiger partial charge in [0.05, 0.1) is 17.1 Å². The molecule has 0 spiro atoms. The summed E-state index contributed by atoms with van der Waals surface area (Å²) in [5.41, 5.74) is -0.458. The highest BCUT2D eigenvalue weighted by molar-refractivity contribution is 7.89. The van der Waals surface area contributed by atoms with Crippen molar-refractivity contribution in [2.75, 3.05) is 19.6 Å². The molecule has 0 bridgehead atoms. The van der Waals surface area contributed by atoms with E-state index in [1.807, 2.05) is 4.90 Å². The number of carbonyl (C=O) groups is 2. The zero-order chi connectivity index (χ0) is 29.9. The van der Waals surface area contributed by atoms with E-state index in [1.54, 1.807) is 13.8 Å². The number of sulfonamides is 1. The van der Waals surface area contributed by atoms with Gasteiger partial charge in [0.25, 0.3) is 10.0 Å². The monoisotopic (exact) mass is 630 g/mol. The van der Waals surface area contributed by atoms with Crippen molar-refractivity contribution in [1.82, 2.24) is 19.0 Å². The van der Waals surface area contributed by atoms with Crippen LogP contribution in [-0.2, 0) is 32.2 Å². The van der Waals surface area contributed by atoms with Crippen molar-refractivity contribution in [3.8, 4) is 0 Å². The van der Waals surface area contributed by atoms with Crippen molar-refractivity contribution in [1.29, 1.82) is 0 Å². The van der Waals surface area contributed by atoms with E-state index in [2.05, 4.69) is 0 Å². The molecular formula is C27H27Cl2F3N4O4S. The van der Waals surface area contributed by atoms with Crippen LogP contribution in [0.2, 0.25) is 10.0 Å². The third-order valence-electron chi connectivity index (χ3n) is 7.53. The maximum atomic E-state index is 14.1. The van der Waals surface area contributed by atoms with Gasteiger partial charge in [-0.15, -0.1) is 0 Å². The van der Waals surface area contributed by atoms with E-state index < -0.39 is 51.7 Å². The first-order chi connectivity index (χ1) is 19.2. The summed E-state index contributed by atoms with van der Waals surface area (Å²) in [5, 5.41) is 0.142. The van der Waals surface area contributed by atoms with Gasteiger partial charge in [0.1, 0.15) is 22.8 Å². The van der Waals surface area contributed by atoms with Crippen LogP contribution in [0, 0.1) is 0 Å². The normalized spacial score (nSPS) is 22.1. The second-order valence-corrected chi connectivity index (χ2v) is 13.1. The molecule has 5 rings (SSSR count). The largest absolute Gasteiger partial charge is 0.416 e. The van der Waals surface area contributed by atoms with Crippen LogP contribution in [0.3, 0.4) is 0 Å². The van der Waals surface area contributed by atoms with Crippen LogP contribution in [0.1, 0.15) is 31.4 Å². The summed E-state index contributed by atoms with van der Waals surface area (Å²) in [5.74, 6) is -0.940. The molecule has 2 aromatic rings. The van der Waals surface area contributed by atoms with Crippen molar-refractivity contribution in [2.24, 2.45) is 0 Å². The number of hydrogen-bond acceptors (Lipinski definition) is 5. The Morgan fingerprint density at radius 3 is 2.20 bits per heavy atom. The Balaban J connectivity index is 1.62. The standard InChI is InChI=1S/C27H27Cl2F3N4O4S/c1-16(2)34-15-24-35(41(39,40)23-9-8-19(28)13-20(23)29)14-22(33-10-3-11-33)26(38)36(24)21(25(34)37)12-17-4-6-18(7-5-17)27(30,31)32/h4-9,13,15-16,21-22H,3,10-12,14H2,1-2H3. The topological polar surface area (TPSA) is 81.2 Å². The molecule has 2 atom stereocenters. The molecule has 3 heterocycles. The number of fused-ring (bicyclic) bond motifs is 1. The first-order valence-corrected chi connectivity index (χ1v) is 15.1. The maximum Gasteiger partial charge on any atom is 0.416 e. The second kappa shape index (κ2) is 10.8. The Morgan fingerprint density at radius 1 is 1.00 bits per heavy atom. The summed E-state index contributed by atoms with van der Waals surface area (Å²) in [6.07, 6.45) is -2.47. The van der Waals surface area contributed by atoms with Gasteiger partial charge < -0.3 is 4.90 Å². The fourth-order valence-electron chi connectivity index (χ4n) is 5.22. The van der Waals surface area contributed by atoms with Gasteiger partial charge in [-0.1, -0.05) is 35.3 Å². The van der Waals surface area contributed by atoms with Gasteiger partial charge in [-0.3, -0.25) is 19.4 Å². The highest BCUT2D eigenvalue weighted by Gasteiger charge is 2.52. The fraction of sp³-hybridized carbons (Fsp3) is 0.407. The van der Waals surface area contributed by atoms with Gasteiger partial charge in [-0.25, -0.2) is 12.7 Å². The second-order valence-electron chi connectivity index (χ2n) is 10.5. The summed E-state index contributed by atoms with van der Waals surface area (Å²) >= 11 is 12.3. The van der Waals surface area contributed by atoms with Crippen molar-refractivity contribution in [2.45, 2.75) is 55.9 Å². The average molecular weight is 632 g/mol. The lowest BCUT2D eigenvalue weighted by Gasteiger charge is -2.51. The van der Waals surface area contributed by atoms with E-state index in [4.69, 9.17) is 23.2 Å². The van der Waals surface area contributed by atoms with Gasteiger partial charge in [0.15, 0.2) is 0 Å². The fourth-order valence-corrected chi connectivity index (χ4v) is 7.42. The number of rotatable bonds is 6. The third kappa shape index (κ3) is 5.42. The molecule has 3 aliphatic rings. The first kappa shape index (κ1) is 29.7. The molecule has 3 aliphatic heterocycles. The van der Waals surface area contributed by atoms with Crippen LogP contribution in [0.25, 0.3) is 0 Å². The van der Waals surface area contributed by atoms with Crippen molar-refractivity contribution in [3.05, 3.63) is 75.7 Å². The summed E-state index contributed by atoms with van der Waals surface area (Å²) in [6, 6.07) is 5.88. The molecular weight excluding hydrogens is 604 g/mol. The molecule has 41 heavy (non-hydrogen) atoms. The lowest BCUT2D eigenvalue weighted by molar-refractivity contribution is -0.154. The predicted molar refractivity (Wildman–Crippen MR) is 146 cm³/mol. The number of nitrogens with zero attached hydrogens (tertiary/aromatic N) is 4. The molecule has 0 saturated carbocycles. The van der Waals surface area contributed by atoms with Gasteiger partial charge in [0.2, 0.25) is 11.8 Å². The lowest BCUT2D eigenvalue weighted by atomic mass is 9.97. The molecule has 220 valence electrons. The molecule has 2 saturated heterocycles. The minimum atomic E-state index is -4.53. The highest BCUT2D eigenvalue weighted by Crippen LogP contribution is 2.38. The van der Waals surface area contributed by atoms with Gasteiger partial charge in [0, 0.05) is 36.8 Å². The lowest BCUT2D eigenvalue weighted by Crippen LogP contribution is -2.69. The van der Waals surface area contributed by atoms with E-state index >= 15 is 0 Å². The molecule has 2 unspecified atom stereocenters. The molecule has 8 nitrogen and oxygen atoms in total. The van der Waals surface area contributed by atoms with Crippen LogP contribution in [0.5, 0.6) is 0 Å². The molecule has 0 aromatic heterocycles. The number of carbonyl (C=O) groups excluding carboxylic acids is 2. The Kier molecular flexibility index (Phi) is 7.82. The first-order valence-electron chi connectivity index (χ1n) is 12.9. The zero-order valence-electron chi connectivity index (χ0n) is 22.1. The molecule has 0 radical (unpaired) electrons. The zero-order valence-corrected chi connectivity index (χ0v) is 24.4. The van der Waals surface area contributed by atoms with E-state index in [1.165, 1.54) is 46.3 Å². The van der Waals surface area contributed by atoms with Crippen molar-refractivity contribution >= 4 is 45.0 Å². The number of alkyl halides is 3. The average Bonchev–Trinajstić information content (AvgIpc) is 2.85. The number of halogens is 5. The summed E-state index contributed by atoms with van der Waals surface area (Å²) in [7, 11) is -4.35. The summed E-state index contributed by atoms with van der Waals surface area (Å²) in [6.45, 7) is 4.43. The van der Waals surface area contributed by atoms with Crippen LogP contribution in [0.15, 0.2) is 59.4 Å². The van der Waals surface area contributed by atoms with E-state index in [0.29, 0.717) is 18.7 Å². The van der Waals surface area contributed by atoms with Crippen LogP contribution in [-0.4, -0.2) is 77.0 Å². The number of hydrogen-bond donors (Lipinski definition) is 0. The maximum absolute atomic E-state index is 14.1. The molecule has 2 fully saturated rings. The molecule has 14 heteroatoms. The summed E-state index contributed by atoms with van der Waals surface area (Å²) in [4.78, 5) is 31.9. The van der Waals surface area contributed by atoms with E-state index in [9.17, 15) is 31.2 Å². The van der Waals surface area contributed by atoms with Gasteiger partial charge >= 0.3 is 6.18 Å². The predicted octanol–water partition coefficient (Wildman–Crippen LogP) is 4.58. The Bertz CT molecular complexity index is 1510. The SMILES string of the molecule is CC(C)N1C=C2N(C(=O)C(N3CCC3)CN2S(=O)(=O)c2ccc(Cl)cc2Cl)C(Cc2ccc(C(F)(F)F)cc2)C1=O. The van der Waals surface area contributed by atoms with E-state index in [-0.39, 0.29) is 33.7 Å². The summed E-state index contributed by atoms with van der Waals surface area (Å²) < 4.78 is 68.7. The van der Waals surface area contributed by atoms with Crippen LogP contribution in [0.4, 0.5) is 13.2 Å². The Morgan fingerprint density at radius 2 is 1.66 bits per heavy atom.